The maximum Gasteiger partial charge on any atom is 0.258 e. The summed E-state index contributed by atoms with van der Waals surface area (Å²) in [7, 11) is 0. The summed E-state index contributed by atoms with van der Waals surface area (Å²) >= 11 is 0. The zero-order chi connectivity index (χ0) is 16.5. The van der Waals surface area contributed by atoms with Crippen LogP contribution in [0.1, 0.15) is 70.2 Å². The van der Waals surface area contributed by atoms with E-state index in [4.69, 9.17) is 0 Å². The van der Waals surface area contributed by atoms with Crippen molar-refractivity contribution in [1.29, 1.82) is 0 Å². The van der Waals surface area contributed by atoms with Crippen molar-refractivity contribution >= 4 is 0 Å². The first kappa shape index (κ1) is 17.8. The Hall–Kier alpha value is -1.57. The third kappa shape index (κ3) is 5.53. The number of hydrogen-bond donors (Lipinski definition) is 0. The second-order valence-corrected chi connectivity index (χ2v) is 6.85. The van der Waals surface area contributed by atoms with E-state index in [9.17, 15) is 0 Å². The summed E-state index contributed by atoms with van der Waals surface area (Å²) in [6.45, 7) is 9.18. The van der Waals surface area contributed by atoms with Gasteiger partial charge in [0.15, 0.2) is 0 Å². The van der Waals surface area contributed by atoms with E-state index in [0.717, 1.165) is 13.0 Å². The van der Waals surface area contributed by atoms with Crippen molar-refractivity contribution < 1.29 is 4.57 Å². The van der Waals surface area contributed by atoms with Crippen LogP contribution in [-0.4, -0.2) is 4.57 Å². The average molecular weight is 314 g/mol. The smallest absolute Gasteiger partial charge is 0.234 e. The van der Waals surface area contributed by atoms with Crippen molar-refractivity contribution in [2.75, 3.05) is 0 Å². The molecule has 0 saturated heterocycles. The number of rotatable bonds is 10. The van der Waals surface area contributed by atoms with Crippen molar-refractivity contribution in [2.24, 2.45) is 0 Å². The molecule has 2 aromatic rings. The van der Waals surface area contributed by atoms with Crippen molar-refractivity contribution in [3.05, 3.63) is 54.1 Å². The molecule has 23 heavy (non-hydrogen) atoms. The molecule has 1 heterocycles. The van der Waals surface area contributed by atoms with Gasteiger partial charge in [-0.15, -0.1) is 0 Å². The number of benzene rings is 1. The van der Waals surface area contributed by atoms with E-state index in [1.54, 1.807) is 0 Å². The molecule has 0 amide bonds. The van der Waals surface area contributed by atoms with Crippen LogP contribution in [0.25, 0.3) is 0 Å². The predicted octanol–water partition coefficient (Wildman–Crippen LogP) is 5.11. The first-order valence-corrected chi connectivity index (χ1v) is 9.34. The Labute approximate surface area is 142 Å². The van der Waals surface area contributed by atoms with E-state index in [0.29, 0.717) is 5.92 Å². The van der Waals surface area contributed by atoms with E-state index in [1.165, 1.54) is 50.0 Å². The number of unbranched alkanes of at least 4 members (excludes halogenated alkanes) is 3. The highest BCUT2D eigenvalue weighted by atomic mass is 15.1. The molecule has 0 bridgehead atoms. The van der Waals surface area contributed by atoms with E-state index < -0.39 is 0 Å². The van der Waals surface area contributed by atoms with Gasteiger partial charge < -0.3 is 0 Å². The van der Waals surface area contributed by atoms with Gasteiger partial charge in [-0.05, 0) is 31.2 Å². The first-order chi connectivity index (χ1) is 11.2. The summed E-state index contributed by atoms with van der Waals surface area (Å²) in [5.74, 6) is 2.06. The van der Waals surface area contributed by atoms with Crippen LogP contribution in [0.3, 0.4) is 0 Å². The van der Waals surface area contributed by atoms with Crippen molar-refractivity contribution in [3.63, 3.8) is 0 Å². The number of nitrogens with zero attached hydrogens (tertiary/aromatic N) is 2. The lowest BCUT2D eigenvalue weighted by atomic mass is 10.1. The molecule has 0 spiro atoms. The van der Waals surface area contributed by atoms with Crippen LogP contribution >= 0.6 is 0 Å². The highest BCUT2D eigenvalue weighted by Crippen LogP contribution is 2.13. The molecule has 1 aromatic heterocycles. The largest absolute Gasteiger partial charge is 0.258 e. The fraction of sp³-hybridized carbons (Fsp3) is 0.571. The van der Waals surface area contributed by atoms with E-state index >= 15 is 0 Å². The van der Waals surface area contributed by atoms with E-state index in [2.05, 4.69) is 72.6 Å². The van der Waals surface area contributed by atoms with Crippen LogP contribution in [0, 0.1) is 0 Å². The van der Waals surface area contributed by atoms with E-state index in [1.807, 2.05) is 0 Å². The Bertz CT molecular complexity index is 554. The van der Waals surface area contributed by atoms with Crippen LogP contribution < -0.4 is 4.57 Å². The predicted molar refractivity (Wildman–Crippen MR) is 97.6 cm³/mol. The van der Waals surface area contributed by atoms with Gasteiger partial charge in [0.2, 0.25) is 0 Å². The second-order valence-electron chi connectivity index (χ2n) is 6.85. The maximum atomic E-state index is 2.48. The zero-order valence-electron chi connectivity index (χ0n) is 15.2. The minimum atomic E-state index is 0.577. The van der Waals surface area contributed by atoms with Crippen LogP contribution in [-0.2, 0) is 19.5 Å². The molecule has 0 aliphatic carbocycles. The Morgan fingerprint density at radius 2 is 1.78 bits per heavy atom. The minimum Gasteiger partial charge on any atom is -0.234 e. The number of aryl methyl sites for hydroxylation is 3. The quantitative estimate of drug-likeness (QED) is 0.425. The molecule has 0 aliphatic heterocycles. The summed E-state index contributed by atoms with van der Waals surface area (Å²) in [5.41, 5.74) is 1.44. The zero-order valence-corrected chi connectivity index (χ0v) is 15.2. The van der Waals surface area contributed by atoms with Gasteiger partial charge in [-0.25, -0.2) is 9.13 Å². The highest BCUT2D eigenvalue weighted by Gasteiger charge is 2.19. The lowest BCUT2D eigenvalue weighted by molar-refractivity contribution is -0.705. The van der Waals surface area contributed by atoms with Gasteiger partial charge in [0.1, 0.15) is 12.4 Å². The third-order valence-corrected chi connectivity index (χ3v) is 4.49. The molecule has 0 N–H and O–H groups in total. The van der Waals surface area contributed by atoms with Crippen molar-refractivity contribution in [2.45, 2.75) is 78.3 Å². The summed E-state index contributed by atoms with van der Waals surface area (Å²) in [4.78, 5) is 0. The standard InChI is InChI=1S/C21H33N2/c1-4-5-6-10-15-22-17-18-23(21(22)19(2)3)16-11-14-20-12-8-7-9-13-20/h7-9,12-13,17-19H,4-6,10-11,14-16H2,1-3H3/q+1. The Morgan fingerprint density at radius 1 is 1.00 bits per heavy atom. The summed E-state index contributed by atoms with van der Waals surface area (Å²) in [6, 6.07) is 10.8. The molecule has 2 heteroatoms. The molecule has 0 unspecified atom stereocenters. The fourth-order valence-corrected chi connectivity index (χ4v) is 3.33. The molecule has 0 atom stereocenters. The normalized spacial score (nSPS) is 11.3. The average Bonchev–Trinajstić information content (AvgIpc) is 2.96. The topological polar surface area (TPSA) is 8.81 Å². The first-order valence-electron chi connectivity index (χ1n) is 9.34. The summed E-state index contributed by atoms with van der Waals surface area (Å²) < 4.78 is 4.94. The van der Waals surface area contributed by atoms with E-state index in [-0.39, 0.29) is 0 Å². The van der Waals surface area contributed by atoms with Gasteiger partial charge in [0, 0.05) is 0 Å². The second kappa shape index (κ2) is 9.54. The molecule has 0 radical (unpaired) electrons. The SMILES string of the molecule is CCCCCCn1cc[n+](CCCc2ccccc2)c1C(C)C. The molecule has 0 aliphatic rings. The molecular weight excluding hydrogens is 280 g/mol. The summed E-state index contributed by atoms with van der Waals surface area (Å²) in [5, 5.41) is 0. The molecular formula is C21H33N2+. The van der Waals surface area contributed by atoms with Gasteiger partial charge in [-0.3, -0.25) is 0 Å². The Balaban J connectivity index is 1.91. The van der Waals surface area contributed by atoms with Gasteiger partial charge in [-0.1, -0.05) is 63.9 Å². The van der Waals surface area contributed by atoms with Gasteiger partial charge >= 0.3 is 0 Å². The van der Waals surface area contributed by atoms with Gasteiger partial charge in [0.25, 0.3) is 5.82 Å². The lowest BCUT2D eigenvalue weighted by Crippen LogP contribution is -2.38. The number of hydrogen-bond acceptors (Lipinski definition) is 0. The minimum absolute atomic E-state index is 0.577. The lowest BCUT2D eigenvalue weighted by Gasteiger charge is -2.08. The van der Waals surface area contributed by atoms with Crippen molar-refractivity contribution in [1.82, 2.24) is 4.57 Å². The third-order valence-electron chi connectivity index (χ3n) is 4.49. The molecule has 2 nitrogen and oxygen atoms in total. The number of aromatic nitrogens is 2. The van der Waals surface area contributed by atoms with Crippen LogP contribution in [0.5, 0.6) is 0 Å². The van der Waals surface area contributed by atoms with Crippen LogP contribution in [0.4, 0.5) is 0 Å². The van der Waals surface area contributed by atoms with Crippen LogP contribution in [0.15, 0.2) is 42.7 Å². The molecule has 0 fully saturated rings. The van der Waals surface area contributed by atoms with Crippen molar-refractivity contribution in [3.8, 4) is 0 Å². The van der Waals surface area contributed by atoms with Crippen LogP contribution in [0.2, 0.25) is 0 Å². The summed E-state index contributed by atoms with van der Waals surface area (Å²) in [6.07, 6.45) is 12.2. The highest BCUT2D eigenvalue weighted by molar-refractivity contribution is 5.14. The van der Waals surface area contributed by atoms with Gasteiger partial charge in [-0.2, -0.15) is 0 Å². The molecule has 126 valence electrons. The fourth-order valence-electron chi connectivity index (χ4n) is 3.33. The van der Waals surface area contributed by atoms with Gasteiger partial charge in [0.05, 0.1) is 19.0 Å². The number of imidazole rings is 1. The maximum absolute atomic E-state index is 2.48. The molecule has 2 rings (SSSR count). The Kier molecular flexibility index (Phi) is 7.38. The Morgan fingerprint density at radius 3 is 2.48 bits per heavy atom. The molecule has 0 saturated carbocycles. The monoisotopic (exact) mass is 313 g/mol. The molecule has 1 aromatic carbocycles.